The summed E-state index contributed by atoms with van der Waals surface area (Å²) in [6.45, 7) is 1.73. The molecule has 0 radical (unpaired) electrons. The number of rotatable bonds is 4. The summed E-state index contributed by atoms with van der Waals surface area (Å²) >= 11 is 0. The minimum absolute atomic E-state index is 0.0786. The third-order valence-electron chi connectivity index (χ3n) is 4.10. The lowest BCUT2D eigenvalue weighted by Gasteiger charge is -2.31. The maximum Gasteiger partial charge on any atom is 0.269 e. The number of hydrogen-bond donors (Lipinski definition) is 1. The lowest BCUT2D eigenvalue weighted by Crippen LogP contribution is -2.44. The number of nitrogens with zero attached hydrogens (tertiary/aromatic N) is 3. The molecule has 1 aliphatic heterocycles. The van der Waals surface area contributed by atoms with Gasteiger partial charge in [-0.2, -0.15) is 10.1 Å². The van der Waals surface area contributed by atoms with Crippen LogP contribution in [0.5, 0.6) is 0 Å². The lowest BCUT2D eigenvalue weighted by atomic mass is 9.97. The summed E-state index contributed by atoms with van der Waals surface area (Å²) in [5.41, 5.74) is 0.108. The quantitative estimate of drug-likeness (QED) is 0.684. The zero-order chi connectivity index (χ0) is 18.0. The van der Waals surface area contributed by atoms with Crippen LogP contribution in [0.25, 0.3) is 0 Å². The summed E-state index contributed by atoms with van der Waals surface area (Å²) < 4.78 is 0. The van der Waals surface area contributed by atoms with E-state index in [1.807, 2.05) is 30.3 Å². The van der Waals surface area contributed by atoms with Crippen LogP contribution >= 0.6 is 0 Å². The van der Waals surface area contributed by atoms with Crippen molar-refractivity contribution in [3.8, 4) is 0 Å². The Labute approximate surface area is 144 Å². The van der Waals surface area contributed by atoms with Crippen molar-refractivity contribution in [2.24, 2.45) is 5.10 Å². The van der Waals surface area contributed by atoms with Crippen LogP contribution in [0.15, 0.2) is 59.7 Å². The van der Waals surface area contributed by atoms with Crippen molar-refractivity contribution >= 4 is 17.3 Å². The van der Waals surface area contributed by atoms with E-state index in [4.69, 9.17) is 0 Å². The van der Waals surface area contributed by atoms with Crippen LogP contribution in [-0.2, 0) is 16.9 Å². The van der Waals surface area contributed by atoms with Gasteiger partial charge in [-0.1, -0.05) is 30.3 Å². The molecule has 0 aromatic heterocycles. The normalized spacial score (nSPS) is 19.6. The van der Waals surface area contributed by atoms with Gasteiger partial charge < -0.3 is 5.11 Å². The second kappa shape index (κ2) is 6.45. The van der Waals surface area contributed by atoms with Crippen molar-refractivity contribution in [2.45, 2.75) is 25.5 Å². The van der Waals surface area contributed by atoms with E-state index in [2.05, 4.69) is 5.10 Å². The number of carbonyl (C=O) groups excluding carboxylic acids is 1. The van der Waals surface area contributed by atoms with Crippen LogP contribution in [0.2, 0.25) is 0 Å². The molecular formula is C18H17N3O4. The number of nitro groups is 1. The van der Waals surface area contributed by atoms with Gasteiger partial charge in [0.05, 0.1) is 11.3 Å². The summed E-state index contributed by atoms with van der Waals surface area (Å²) in [4.78, 5) is 23.0. The first-order chi connectivity index (χ1) is 11.9. The summed E-state index contributed by atoms with van der Waals surface area (Å²) in [6, 6.07) is 14.7. The average molecular weight is 339 g/mol. The van der Waals surface area contributed by atoms with Crippen molar-refractivity contribution in [3.05, 3.63) is 75.8 Å². The highest BCUT2D eigenvalue weighted by atomic mass is 16.6. The smallest absolute Gasteiger partial charge is 0.269 e. The van der Waals surface area contributed by atoms with Gasteiger partial charge in [-0.25, -0.2) is 0 Å². The molecule has 0 spiro atoms. The van der Waals surface area contributed by atoms with E-state index in [0.29, 0.717) is 11.3 Å². The van der Waals surface area contributed by atoms with Gasteiger partial charge in [0, 0.05) is 29.8 Å². The Bertz CT molecular complexity index is 833. The number of non-ortho nitro benzene ring substituents is 1. The molecule has 1 atom stereocenters. The minimum Gasteiger partial charge on any atom is -0.365 e. The highest BCUT2D eigenvalue weighted by Gasteiger charge is 2.44. The Kier molecular flexibility index (Phi) is 4.33. The fourth-order valence-electron chi connectivity index (χ4n) is 2.90. The first kappa shape index (κ1) is 16.8. The van der Waals surface area contributed by atoms with E-state index in [-0.39, 0.29) is 24.4 Å². The Morgan fingerprint density at radius 1 is 1.24 bits per heavy atom. The number of nitro benzene ring substituents is 1. The Balaban J connectivity index is 1.88. The summed E-state index contributed by atoms with van der Waals surface area (Å²) in [7, 11) is 0. The highest BCUT2D eigenvalue weighted by molar-refractivity contribution is 5.89. The summed E-state index contributed by atoms with van der Waals surface area (Å²) in [6.07, 6.45) is 0.262. The van der Waals surface area contributed by atoms with Gasteiger partial charge in [0.15, 0.2) is 5.72 Å². The molecule has 128 valence electrons. The third kappa shape index (κ3) is 3.27. The molecule has 1 amide bonds. The predicted molar refractivity (Wildman–Crippen MR) is 91.7 cm³/mol. The van der Waals surface area contributed by atoms with Crippen LogP contribution in [0, 0.1) is 10.1 Å². The van der Waals surface area contributed by atoms with Crippen LogP contribution in [0.1, 0.15) is 24.5 Å². The third-order valence-corrected chi connectivity index (χ3v) is 4.10. The molecule has 0 saturated heterocycles. The molecule has 25 heavy (non-hydrogen) atoms. The molecule has 7 nitrogen and oxygen atoms in total. The van der Waals surface area contributed by atoms with Gasteiger partial charge >= 0.3 is 0 Å². The van der Waals surface area contributed by atoms with Crippen molar-refractivity contribution in [1.82, 2.24) is 5.01 Å². The monoisotopic (exact) mass is 339 g/mol. The average Bonchev–Trinajstić information content (AvgIpc) is 2.92. The molecule has 0 saturated carbocycles. The maximum atomic E-state index is 12.7. The largest absolute Gasteiger partial charge is 0.365 e. The summed E-state index contributed by atoms with van der Waals surface area (Å²) in [5.74, 6) is -0.344. The van der Waals surface area contributed by atoms with Crippen molar-refractivity contribution in [2.75, 3.05) is 0 Å². The zero-order valence-corrected chi connectivity index (χ0v) is 13.6. The van der Waals surface area contributed by atoms with E-state index in [1.54, 1.807) is 6.92 Å². The summed E-state index contributed by atoms with van der Waals surface area (Å²) in [5, 5.41) is 27.2. The molecule has 7 heteroatoms. The molecular weight excluding hydrogens is 322 g/mol. The van der Waals surface area contributed by atoms with Gasteiger partial charge in [0.25, 0.3) is 5.69 Å². The Morgan fingerprint density at radius 2 is 1.88 bits per heavy atom. The van der Waals surface area contributed by atoms with Gasteiger partial charge in [-0.05, 0) is 24.6 Å². The van der Waals surface area contributed by atoms with Gasteiger partial charge in [0.1, 0.15) is 0 Å². The van der Waals surface area contributed by atoms with Gasteiger partial charge in [0.2, 0.25) is 5.91 Å². The van der Waals surface area contributed by atoms with Crippen LogP contribution in [0.3, 0.4) is 0 Å². The van der Waals surface area contributed by atoms with Crippen molar-refractivity contribution in [3.63, 3.8) is 0 Å². The molecule has 1 aliphatic rings. The molecule has 0 aliphatic carbocycles. The van der Waals surface area contributed by atoms with Crippen LogP contribution in [-0.4, -0.2) is 26.7 Å². The molecule has 2 aromatic rings. The number of carbonyl (C=O) groups is 1. The molecule has 2 aromatic carbocycles. The van der Waals surface area contributed by atoms with Crippen molar-refractivity contribution < 1.29 is 14.8 Å². The fraction of sp³-hybridized carbons (Fsp3) is 0.222. The number of benzene rings is 2. The molecule has 0 bridgehead atoms. The van der Waals surface area contributed by atoms with Crippen LogP contribution < -0.4 is 0 Å². The Hall–Kier alpha value is -3.06. The molecule has 0 fully saturated rings. The number of hydrazone groups is 1. The fourth-order valence-corrected chi connectivity index (χ4v) is 2.90. The second-order valence-electron chi connectivity index (χ2n) is 6.00. The number of hydrogen-bond acceptors (Lipinski definition) is 5. The molecule has 1 N–H and O–H groups in total. The van der Waals surface area contributed by atoms with E-state index in [9.17, 15) is 20.0 Å². The highest BCUT2D eigenvalue weighted by Crippen LogP contribution is 2.36. The Morgan fingerprint density at radius 3 is 2.48 bits per heavy atom. The standard InChI is InChI=1S/C18H17N3O4/c1-13-12-18(23,15-7-9-16(10-8-15)21(24)25)20(19-13)17(22)11-14-5-3-2-4-6-14/h2-10,23H,11-12H2,1H3/t18-/m0/s1. The van der Waals surface area contributed by atoms with Crippen molar-refractivity contribution in [1.29, 1.82) is 0 Å². The first-order valence-corrected chi connectivity index (χ1v) is 7.78. The SMILES string of the molecule is CC1=NN(C(=O)Cc2ccccc2)[C@@](O)(c2ccc([N+](=O)[O-])cc2)C1. The molecule has 1 heterocycles. The maximum absolute atomic E-state index is 12.7. The van der Waals surface area contributed by atoms with Gasteiger partial charge in [-0.3, -0.25) is 14.9 Å². The van der Waals surface area contributed by atoms with Gasteiger partial charge in [-0.15, -0.1) is 0 Å². The second-order valence-corrected chi connectivity index (χ2v) is 6.00. The molecule has 0 unspecified atom stereocenters. The minimum atomic E-state index is -1.63. The first-order valence-electron chi connectivity index (χ1n) is 7.78. The van der Waals surface area contributed by atoms with E-state index >= 15 is 0 Å². The van der Waals surface area contributed by atoms with E-state index in [1.165, 1.54) is 24.3 Å². The van der Waals surface area contributed by atoms with E-state index in [0.717, 1.165) is 10.6 Å². The number of amides is 1. The number of aliphatic hydroxyl groups is 1. The molecule has 3 rings (SSSR count). The zero-order valence-electron chi connectivity index (χ0n) is 13.6. The predicted octanol–water partition coefficient (Wildman–Crippen LogP) is 2.59. The topological polar surface area (TPSA) is 96.0 Å². The van der Waals surface area contributed by atoms with Crippen LogP contribution in [0.4, 0.5) is 5.69 Å². The lowest BCUT2D eigenvalue weighted by molar-refractivity contribution is -0.384. The van der Waals surface area contributed by atoms with E-state index < -0.39 is 10.6 Å².